The topological polar surface area (TPSA) is 42.9 Å². The van der Waals surface area contributed by atoms with Crippen molar-refractivity contribution >= 4 is 5.96 Å². The van der Waals surface area contributed by atoms with Gasteiger partial charge in [-0.2, -0.15) is 0 Å². The molecule has 0 spiro atoms. The molecule has 0 aromatic heterocycles. The highest BCUT2D eigenvalue weighted by atomic mass is 15.3. The second-order valence-electron chi connectivity index (χ2n) is 7.44. The predicted octanol–water partition coefficient (Wildman–Crippen LogP) is 1.51. The van der Waals surface area contributed by atoms with Crippen molar-refractivity contribution in [2.24, 2.45) is 4.99 Å². The molecular formula is C17H35N5. The summed E-state index contributed by atoms with van der Waals surface area (Å²) in [5.74, 6) is 0.936. The summed E-state index contributed by atoms with van der Waals surface area (Å²) in [6, 6.07) is 0.647. The van der Waals surface area contributed by atoms with E-state index in [0.717, 1.165) is 19.0 Å². The molecule has 1 unspecified atom stereocenters. The van der Waals surface area contributed by atoms with Crippen molar-refractivity contribution in [3.63, 3.8) is 0 Å². The minimum atomic E-state index is 0.183. The van der Waals surface area contributed by atoms with Gasteiger partial charge in [-0.15, -0.1) is 0 Å². The molecule has 0 aromatic carbocycles. The van der Waals surface area contributed by atoms with Gasteiger partial charge in [0.05, 0.1) is 0 Å². The number of nitrogens with one attached hydrogen (secondary N) is 2. The van der Waals surface area contributed by atoms with Crippen LogP contribution in [0.15, 0.2) is 4.99 Å². The fourth-order valence-electron chi connectivity index (χ4n) is 3.58. The van der Waals surface area contributed by atoms with E-state index in [0.29, 0.717) is 6.04 Å². The van der Waals surface area contributed by atoms with E-state index in [2.05, 4.69) is 46.3 Å². The van der Waals surface area contributed by atoms with E-state index in [4.69, 9.17) is 0 Å². The molecule has 0 aliphatic carbocycles. The van der Waals surface area contributed by atoms with E-state index in [9.17, 15) is 0 Å². The summed E-state index contributed by atoms with van der Waals surface area (Å²) in [4.78, 5) is 9.43. The first-order valence-corrected chi connectivity index (χ1v) is 8.93. The number of nitrogens with zero attached hydrogens (tertiary/aromatic N) is 3. The molecule has 2 saturated heterocycles. The summed E-state index contributed by atoms with van der Waals surface area (Å²) < 4.78 is 0. The average molecular weight is 310 g/mol. The molecule has 0 amide bonds. The number of likely N-dealkylation sites (tertiary alicyclic amines) is 2. The summed E-state index contributed by atoms with van der Waals surface area (Å²) in [5.41, 5.74) is 0.183. The van der Waals surface area contributed by atoms with Crippen molar-refractivity contribution < 1.29 is 0 Å². The standard InChI is InChI=1S/C17H35N5/c1-17(2,22-11-6-5-7-12-22)14-20-16(18-3)19-13-15-9-8-10-21(15)4/h15H,5-14H2,1-4H3,(H2,18,19,20). The van der Waals surface area contributed by atoms with Gasteiger partial charge >= 0.3 is 0 Å². The maximum absolute atomic E-state index is 4.38. The van der Waals surface area contributed by atoms with Crippen LogP contribution in [0.5, 0.6) is 0 Å². The molecular weight excluding hydrogens is 274 g/mol. The normalized spacial score (nSPS) is 25.5. The quantitative estimate of drug-likeness (QED) is 0.597. The number of hydrogen-bond donors (Lipinski definition) is 2. The van der Waals surface area contributed by atoms with E-state index in [1.54, 1.807) is 0 Å². The average Bonchev–Trinajstić information content (AvgIpc) is 2.93. The second-order valence-corrected chi connectivity index (χ2v) is 7.44. The third kappa shape index (κ3) is 4.85. The summed E-state index contributed by atoms with van der Waals surface area (Å²) >= 11 is 0. The van der Waals surface area contributed by atoms with Gasteiger partial charge in [0.15, 0.2) is 5.96 Å². The first-order chi connectivity index (χ1) is 10.5. The molecule has 0 saturated carbocycles. The Bertz CT molecular complexity index is 360. The van der Waals surface area contributed by atoms with Gasteiger partial charge in [-0.1, -0.05) is 6.42 Å². The Morgan fingerprint density at radius 2 is 1.82 bits per heavy atom. The van der Waals surface area contributed by atoms with E-state index in [-0.39, 0.29) is 5.54 Å². The second kappa shape index (κ2) is 8.16. The molecule has 2 heterocycles. The van der Waals surface area contributed by atoms with Gasteiger partial charge in [0.25, 0.3) is 0 Å². The fourth-order valence-corrected chi connectivity index (χ4v) is 3.58. The molecule has 2 fully saturated rings. The molecule has 0 radical (unpaired) electrons. The Morgan fingerprint density at radius 3 is 2.41 bits per heavy atom. The molecule has 0 aromatic rings. The lowest BCUT2D eigenvalue weighted by Crippen LogP contribution is -2.55. The zero-order chi connectivity index (χ0) is 16.0. The first kappa shape index (κ1) is 17.5. The van der Waals surface area contributed by atoms with Crippen LogP contribution in [0.2, 0.25) is 0 Å². The minimum absolute atomic E-state index is 0.183. The van der Waals surface area contributed by atoms with Crippen LogP contribution >= 0.6 is 0 Å². The maximum atomic E-state index is 4.38. The third-order valence-corrected chi connectivity index (χ3v) is 5.30. The fraction of sp³-hybridized carbons (Fsp3) is 0.941. The number of likely N-dealkylation sites (N-methyl/N-ethyl adjacent to an activating group) is 1. The number of rotatable bonds is 5. The lowest BCUT2D eigenvalue weighted by atomic mass is 9.98. The Morgan fingerprint density at radius 1 is 1.09 bits per heavy atom. The van der Waals surface area contributed by atoms with Crippen LogP contribution in [0, 0.1) is 0 Å². The largest absolute Gasteiger partial charge is 0.355 e. The van der Waals surface area contributed by atoms with Crippen molar-refractivity contribution in [1.29, 1.82) is 0 Å². The maximum Gasteiger partial charge on any atom is 0.191 e. The molecule has 5 heteroatoms. The van der Waals surface area contributed by atoms with Crippen LogP contribution in [0.1, 0.15) is 46.0 Å². The van der Waals surface area contributed by atoms with Crippen LogP contribution < -0.4 is 10.6 Å². The highest BCUT2D eigenvalue weighted by molar-refractivity contribution is 5.79. The number of guanidine groups is 1. The van der Waals surface area contributed by atoms with Gasteiger partial charge in [-0.05, 0) is 66.2 Å². The highest BCUT2D eigenvalue weighted by Crippen LogP contribution is 2.19. The number of hydrogen-bond acceptors (Lipinski definition) is 3. The minimum Gasteiger partial charge on any atom is -0.355 e. The number of aliphatic imine (C=N–C) groups is 1. The zero-order valence-electron chi connectivity index (χ0n) is 15.0. The van der Waals surface area contributed by atoms with Gasteiger partial charge in [-0.25, -0.2) is 0 Å². The SMILES string of the molecule is CN=C(NCC1CCCN1C)NCC(C)(C)N1CCCCC1. The van der Waals surface area contributed by atoms with E-state index in [1.807, 2.05) is 7.05 Å². The summed E-state index contributed by atoms with van der Waals surface area (Å²) in [6.07, 6.45) is 6.67. The van der Waals surface area contributed by atoms with Crippen molar-refractivity contribution in [3.05, 3.63) is 0 Å². The third-order valence-electron chi connectivity index (χ3n) is 5.30. The van der Waals surface area contributed by atoms with Crippen LogP contribution in [0.25, 0.3) is 0 Å². The smallest absolute Gasteiger partial charge is 0.191 e. The Hall–Kier alpha value is -0.810. The van der Waals surface area contributed by atoms with Gasteiger partial charge < -0.3 is 15.5 Å². The predicted molar refractivity (Wildman–Crippen MR) is 94.5 cm³/mol. The molecule has 2 rings (SSSR count). The first-order valence-electron chi connectivity index (χ1n) is 8.93. The van der Waals surface area contributed by atoms with E-state index >= 15 is 0 Å². The molecule has 2 aliphatic heterocycles. The number of piperidine rings is 1. The monoisotopic (exact) mass is 309 g/mol. The van der Waals surface area contributed by atoms with Gasteiger partial charge in [0.2, 0.25) is 0 Å². The molecule has 22 heavy (non-hydrogen) atoms. The van der Waals surface area contributed by atoms with E-state index in [1.165, 1.54) is 51.7 Å². The lowest BCUT2D eigenvalue weighted by molar-refractivity contribution is 0.0982. The summed E-state index contributed by atoms with van der Waals surface area (Å²) in [6.45, 7) is 10.3. The van der Waals surface area contributed by atoms with Crippen LogP contribution in [0.3, 0.4) is 0 Å². The Labute approximate surface area is 136 Å². The highest BCUT2D eigenvalue weighted by Gasteiger charge is 2.28. The van der Waals surface area contributed by atoms with Gasteiger partial charge in [0.1, 0.15) is 0 Å². The summed E-state index contributed by atoms with van der Waals surface area (Å²) in [5, 5.41) is 7.02. The molecule has 2 N–H and O–H groups in total. The van der Waals surface area contributed by atoms with Gasteiger partial charge in [0, 0.05) is 31.7 Å². The van der Waals surface area contributed by atoms with Crippen molar-refractivity contribution in [2.45, 2.75) is 57.5 Å². The molecule has 0 bridgehead atoms. The van der Waals surface area contributed by atoms with Crippen molar-refractivity contribution in [2.75, 3.05) is 46.8 Å². The van der Waals surface area contributed by atoms with Crippen LogP contribution in [0.4, 0.5) is 0 Å². The lowest BCUT2D eigenvalue weighted by Gasteiger charge is -2.41. The van der Waals surface area contributed by atoms with E-state index < -0.39 is 0 Å². The molecule has 5 nitrogen and oxygen atoms in total. The Kier molecular flexibility index (Phi) is 6.50. The molecule has 1 atom stereocenters. The summed E-state index contributed by atoms with van der Waals surface area (Å²) in [7, 11) is 4.08. The Balaban J connectivity index is 1.75. The zero-order valence-corrected chi connectivity index (χ0v) is 15.0. The van der Waals surface area contributed by atoms with Gasteiger partial charge in [-0.3, -0.25) is 9.89 Å². The van der Waals surface area contributed by atoms with Crippen molar-refractivity contribution in [1.82, 2.24) is 20.4 Å². The van der Waals surface area contributed by atoms with Crippen molar-refractivity contribution in [3.8, 4) is 0 Å². The molecule has 2 aliphatic rings. The molecule has 128 valence electrons. The van der Waals surface area contributed by atoms with Crippen LogP contribution in [-0.2, 0) is 0 Å². The van der Waals surface area contributed by atoms with Crippen LogP contribution in [-0.4, -0.2) is 74.2 Å².